The predicted octanol–water partition coefficient (Wildman–Crippen LogP) is 1.87. The van der Waals surface area contributed by atoms with E-state index in [1.165, 1.54) is 6.69 Å². The number of nitrogen functional groups attached to an aromatic ring is 1. The molecule has 2 aromatic carbocycles. The summed E-state index contributed by atoms with van der Waals surface area (Å²) in [6.07, 6.45) is 0. The Labute approximate surface area is 153 Å². The van der Waals surface area contributed by atoms with Crippen LogP contribution in [-0.4, -0.2) is 26.8 Å². The van der Waals surface area contributed by atoms with E-state index in [2.05, 4.69) is 23.0 Å². The number of carbonyl (C=O) groups is 1. The van der Waals surface area contributed by atoms with Crippen molar-refractivity contribution in [1.29, 1.82) is 0 Å². The van der Waals surface area contributed by atoms with Crippen LogP contribution in [0, 0.1) is 0 Å². The van der Waals surface area contributed by atoms with E-state index in [0.29, 0.717) is 16.9 Å². The zero-order valence-corrected chi connectivity index (χ0v) is 15.4. The molecular formula is C16H19BN3O3S2. The van der Waals surface area contributed by atoms with E-state index < -0.39 is 9.84 Å². The second kappa shape index (κ2) is 8.31. The predicted molar refractivity (Wildman–Crippen MR) is 105 cm³/mol. The summed E-state index contributed by atoms with van der Waals surface area (Å²) in [5, 5.41) is 5.63. The van der Waals surface area contributed by atoms with Crippen LogP contribution in [0.4, 0.5) is 11.4 Å². The maximum absolute atomic E-state index is 12.2. The second-order valence-corrected chi connectivity index (χ2v) is 7.84. The third kappa shape index (κ3) is 4.93. The SMILES string of the molecule is CCS(=O)(=O)c1ccc(CNC(=O)c2ccc(N[B]S)c(N)c2)cc1. The molecule has 4 N–H and O–H groups in total. The minimum absolute atomic E-state index is 0.0559. The lowest BCUT2D eigenvalue weighted by atomic mass is 10.1. The summed E-state index contributed by atoms with van der Waals surface area (Å²) in [5.74, 6) is -0.210. The van der Waals surface area contributed by atoms with Gasteiger partial charge in [0.25, 0.3) is 5.91 Å². The van der Waals surface area contributed by atoms with Gasteiger partial charge in [0.1, 0.15) is 0 Å². The number of anilines is 2. The van der Waals surface area contributed by atoms with Crippen LogP contribution in [-0.2, 0) is 16.4 Å². The zero-order valence-electron chi connectivity index (χ0n) is 13.7. The summed E-state index contributed by atoms with van der Waals surface area (Å²) in [4.78, 5) is 12.5. The van der Waals surface area contributed by atoms with Crippen molar-refractivity contribution in [2.75, 3.05) is 16.7 Å². The highest BCUT2D eigenvalue weighted by molar-refractivity contribution is 8.07. The maximum atomic E-state index is 12.2. The molecule has 0 unspecified atom stereocenters. The van der Waals surface area contributed by atoms with Crippen LogP contribution in [0.3, 0.4) is 0 Å². The molecule has 0 fully saturated rings. The number of nitrogens with two attached hydrogens (primary N) is 1. The van der Waals surface area contributed by atoms with Crippen molar-refractivity contribution in [3.05, 3.63) is 53.6 Å². The first-order valence-electron chi connectivity index (χ1n) is 7.59. The molecule has 0 atom stereocenters. The van der Waals surface area contributed by atoms with Crippen LogP contribution in [0.2, 0.25) is 0 Å². The van der Waals surface area contributed by atoms with Gasteiger partial charge < -0.3 is 16.3 Å². The smallest absolute Gasteiger partial charge is 0.320 e. The van der Waals surface area contributed by atoms with Gasteiger partial charge in [-0.25, -0.2) is 20.9 Å². The van der Waals surface area contributed by atoms with Crippen molar-refractivity contribution in [3.8, 4) is 0 Å². The standard InChI is InChI=1S/C16H19BN3O3S2/c1-2-25(22,23)13-6-3-11(4-7-13)10-19-16(21)12-5-8-15(20-17-24)14(18)9-12/h3-9,20,24H,2,10,18H2,1H3,(H,19,21). The molecule has 0 aliphatic rings. The molecule has 0 aromatic heterocycles. The molecule has 131 valence electrons. The van der Waals surface area contributed by atoms with Gasteiger partial charge in [-0.2, -0.15) is 0 Å². The van der Waals surface area contributed by atoms with Gasteiger partial charge >= 0.3 is 6.69 Å². The van der Waals surface area contributed by atoms with Gasteiger partial charge in [0.15, 0.2) is 9.84 Å². The van der Waals surface area contributed by atoms with Crippen molar-refractivity contribution < 1.29 is 13.2 Å². The van der Waals surface area contributed by atoms with E-state index in [9.17, 15) is 13.2 Å². The van der Waals surface area contributed by atoms with Crippen LogP contribution >= 0.6 is 12.5 Å². The molecule has 25 heavy (non-hydrogen) atoms. The highest BCUT2D eigenvalue weighted by Gasteiger charge is 2.11. The van der Waals surface area contributed by atoms with E-state index in [-0.39, 0.29) is 23.1 Å². The molecule has 0 aliphatic carbocycles. The molecule has 0 spiro atoms. The molecule has 0 bridgehead atoms. The first-order valence-corrected chi connectivity index (χ1v) is 9.76. The van der Waals surface area contributed by atoms with Crippen LogP contribution < -0.4 is 16.3 Å². The topological polar surface area (TPSA) is 101 Å². The molecule has 6 nitrogen and oxygen atoms in total. The van der Waals surface area contributed by atoms with Crippen molar-refractivity contribution >= 4 is 46.3 Å². The number of thiol groups is 1. The van der Waals surface area contributed by atoms with Crippen molar-refractivity contribution in [3.63, 3.8) is 0 Å². The summed E-state index contributed by atoms with van der Waals surface area (Å²) < 4.78 is 23.6. The Kier molecular flexibility index (Phi) is 6.38. The molecule has 2 rings (SSSR count). The van der Waals surface area contributed by atoms with E-state index in [4.69, 9.17) is 5.73 Å². The molecule has 2 aromatic rings. The Morgan fingerprint density at radius 2 is 1.88 bits per heavy atom. The van der Waals surface area contributed by atoms with E-state index in [1.807, 2.05) is 0 Å². The summed E-state index contributed by atoms with van der Waals surface area (Å²) in [7, 11) is -3.22. The summed E-state index contributed by atoms with van der Waals surface area (Å²) in [5.41, 5.74) is 8.22. The van der Waals surface area contributed by atoms with E-state index in [1.54, 1.807) is 49.4 Å². The number of hydrogen-bond acceptors (Lipinski definition) is 6. The lowest BCUT2D eigenvalue weighted by Gasteiger charge is -2.10. The fourth-order valence-corrected chi connectivity index (χ4v) is 3.19. The summed E-state index contributed by atoms with van der Waals surface area (Å²) in [6.45, 7) is 3.34. The lowest BCUT2D eigenvalue weighted by Crippen LogP contribution is -2.23. The Balaban J connectivity index is 2.01. The fourth-order valence-electron chi connectivity index (χ4n) is 2.17. The lowest BCUT2D eigenvalue weighted by molar-refractivity contribution is 0.0951. The maximum Gasteiger partial charge on any atom is 0.320 e. The third-order valence-corrected chi connectivity index (χ3v) is 5.53. The number of hydrogen-bond donors (Lipinski definition) is 4. The van der Waals surface area contributed by atoms with Gasteiger partial charge in [0, 0.05) is 17.8 Å². The number of amides is 1. The van der Waals surface area contributed by atoms with Crippen LogP contribution in [0.5, 0.6) is 0 Å². The molecular weight excluding hydrogens is 357 g/mol. The molecule has 1 amide bonds. The van der Waals surface area contributed by atoms with Gasteiger partial charge in [-0.15, -0.1) is 0 Å². The number of rotatable bonds is 7. The number of benzene rings is 2. The van der Waals surface area contributed by atoms with Gasteiger partial charge in [-0.1, -0.05) is 19.1 Å². The normalized spacial score (nSPS) is 11.0. The largest absolute Gasteiger partial charge is 0.421 e. The third-order valence-electron chi connectivity index (χ3n) is 3.65. The first-order chi connectivity index (χ1) is 11.9. The Morgan fingerprint density at radius 3 is 2.44 bits per heavy atom. The van der Waals surface area contributed by atoms with Crippen LogP contribution in [0.25, 0.3) is 0 Å². The minimum Gasteiger partial charge on any atom is -0.421 e. The van der Waals surface area contributed by atoms with Crippen molar-refractivity contribution in [2.45, 2.75) is 18.4 Å². The quantitative estimate of drug-likeness (QED) is 0.336. The Bertz CT molecular complexity index is 855. The number of sulfone groups is 1. The molecule has 0 aliphatic heterocycles. The molecule has 0 saturated carbocycles. The van der Waals surface area contributed by atoms with Crippen LogP contribution in [0.1, 0.15) is 22.8 Å². The summed E-state index contributed by atoms with van der Waals surface area (Å²) >= 11 is 3.94. The second-order valence-electron chi connectivity index (χ2n) is 5.31. The zero-order chi connectivity index (χ0) is 18.4. The van der Waals surface area contributed by atoms with Crippen molar-refractivity contribution in [1.82, 2.24) is 5.32 Å². The number of nitrogens with one attached hydrogen (secondary N) is 2. The van der Waals surface area contributed by atoms with Crippen LogP contribution in [0.15, 0.2) is 47.4 Å². The summed E-state index contributed by atoms with van der Waals surface area (Å²) in [6, 6.07) is 11.4. The molecule has 9 heteroatoms. The molecule has 1 radical (unpaired) electrons. The van der Waals surface area contributed by atoms with Gasteiger partial charge in [-0.05, 0) is 35.9 Å². The van der Waals surface area contributed by atoms with E-state index >= 15 is 0 Å². The fraction of sp³-hybridized carbons (Fsp3) is 0.188. The Hall–Kier alpha value is -2.13. The molecule has 0 heterocycles. The van der Waals surface area contributed by atoms with E-state index in [0.717, 1.165) is 5.56 Å². The highest BCUT2D eigenvalue weighted by atomic mass is 32.2. The monoisotopic (exact) mass is 376 g/mol. The van der Waals surface area contributed by atoms with Crippen molar-refractivity contribution in [2.24, 2.45) is 0 Å². The first kappa shape index (κ1) is 19.2. The average Bonchev–Trinajstić information content (AvgIpc) is 2.62. The number of carbonyl (C=O) groups excluding carboxylic acids is 1. The van der Waals surface area contributed by atoms with Gasteiger partial charge in [0.05, 0.1) is 16.3 Å². The highest BCUT2D eigenvalue weighted by Crippen LogP contribution is 2.19. The van der Waals surface area contributed by atoms with Gasteiger partial charge in [-0.3, -0.25) is 4.79 Å². The average molecular weight is 376 g/mol. The Morgan fingerprint density at radius 1 is 1.20 bits per heavy atom. The minimum atomic E-state index is -3.22. The molecule has 0 saturated heterocycles. The van der Waals surface area contributed by atoms with Gasteiger partial charge in [0.2, 0.25) is 0 Å².